The van der Waals surface area contributed by atoms with E-state index in [0.29, 0.717) is 6.04 Å². The predicted molar refractivity (Wildman–Crippen MR) is 71.2 cm³/mol. The molecule has 1 aromatic heterocycles. The summed E-state index contributed by atoms with van der Waals surface area (Å²) in [5.41, 5.74) is 5.76. The van der Waals surface area contributed by atoms with Gasteiger partial charge in [-0.05, 0) is 25.8 Å². The molecular formula is C11H20ClN3S. The minimum atomic E-state index is 0. The van der Waals surface area contributed by atoms with Gasteiger partial charge in [-0.2, -0.15) is 0 Å². The van der Waals surface area contributed by atoms with Gasteiger partial charge in [-0.15, -0.1) is 23.7 Å². The molecule has 1 unspecified atom stereocenters. The SMILES string of the molecule is CCc1ncc(CN2CCCC2CN)s1.Cl. The van der Waals surface area contributed by atoms with Crippen LogP contribution in [0.4, 0.5) is 0 Å². The third-order valence-electron chi connectivity index (χ3n) is 3.03. The minimum absolute atomic E-state index is 0. The van der Waals surface area contributed by atoms with Crippen LogP contribution in [-0.2, 0) is 13.0 Å². The van der Waals surface area contributed by atoms with Gasteiger partial charge >= 0.3 is 0 Å². The number of hydrogen-bond donors (Lipinski definition) is 1. The number of nitrogens with zero attached hydrogens (tertiary/aromatic N) is 2. The summed E-state index contributed by atoms with van der Waals surface area (Å²) in [7, 11) is 0. The molecule has 16 heavy (non-hydrogen) atoms. The third-order valence-corrected chi connectivity index (χ3v) is 4.16. The lowest BCUT2D eigenvalue weighted by Gasteiger charge is -2.21. The Bertz CT molecular complexity index is 316. The van der Waals surface area contributed by atoms with Gasteiger partial charge in [0.05, 0.1) is 5.01 Å². The van der Waals surface area contributed by atoms with E-state index in [2.05, 4.69) is 16.8 Å². The first kappa shape index (κ1) is 13.9. The molecule has 0 radical (unpaired) electrons. The maximum Gasteiger partial charge on any atom is 0.0925 e. The average molecular weight is 262 g/mol. The van der Waals surface area contributed by atoms with Gasteiger partial charge in [0, 0.05) is 30.2 Å². The van der Waals surface area contributed by atoms with Crippen LogP contribution in [0, 0.1) is 0 Å². The van der Waals surface area contributed by atoms with Crippen molar-refractivity contribution in [2.45, 2.75) is 38.8 Å². The van der Waals surface area contributed by atoms with Crippen molar-refractivity contribution in [3.05, 3.63) is 16.1 Å². The van der Waals surface area contributed by atoms with E-state index in [4.69, 9.17) is 5.73 Å². The third kappa shape index (κ3) is 3.17. The van der Waals surface area contributed by atoms with Crippen LogP contribution < -0.4 is 5.73 Å². The topological polar surface area (TPSA) is 42.2 Å². The molecule has 0 saturated carbocycles. The Hall–Kier alpha value is -0.160. The Morgan fingerprint density at radius 1 is 1.62 bits per heavy atom. The van der Waals surface area contributed by atoms with E-state index in [1.165, 1.54) is 29.3 Å². The molecule has 0 bridgehead atoms. The summed E-state index contributed by atoms with van der Waals surface area (Å²) in [5, 5.41) is 1.24. The predicted octanol–water partition coefficient (Wildman–Crippen LogP) is 2.05. The minimum Gasteiger partial charge on any atom is -0.329 e. The summed E-state index contributed by atoms with van der Waals surface area (Å²) in [4.78, 5) is 8.26. The average Bonchev–Trinajstić information content (AvgIpc) is 2.87. The number of hydrogen-bond acceptors (Lipinski definition) is 4. The number of halogens is 1. The van der Waals surface area contributed by atoms with Crippen molar-refractivity contribution in [1.82, 2.24) is 9.88 Å². The van der Waals surface area contributed by atoms with E-state index in [-0.39, 0.29) is 12.4 Å². The van der Waals surface area contributed by atoms with Crippen molar-refractivity contribution < 1.29 is 0 Å². The summed E-state index contributed by atoms with van der Waals surface area (Å²) in [6.45, 7) is 5.18. The summed E-state index contributed by atoms with van der Waals surface area (Å²) in [6.07, 6.45) is 5.62. The molecule has 5 heteroatoms. The zero-order valence-electron chi connectivity index (χ0n) is 9.69. The van der Waals surface area contributed by atoms with E-state index in [1.54, 1.807) is 0 Å². The molecule has 2 heterocycles. The number of rotatable bonds is 4. The van der Waals surface area contributed by atoms with Gasteiger partial charge in [0.15, 0.2) is 0 Å². The lowest BCUT2D eigenvalue weighted by molar-refractivity contribution is 0.252. The van der Waals surface area contributed by atoms with Gasteiger partial charge in [-0.3, -0.25) is 4.90 Å². The Kier molecular flexibility index (Phi) is 5.69. The van der Waals surface area contributed by atoms with Crippen molar-refractivity contribution >= 4 is 23.7 Å². The van der Waals surface area contributed by atoms with Crippen LogP contribution in [0.3, 0.4) is 0 Å². The molecule has 1 aliphatic rings. The molecule has 1 aliphatic heterocycles. The molecular weight excluding hydrogens is 242 g/mol. The van der Waals surface area contributed by atoms with Crippen LogP contribution in [0.1, 0.15) is 29.7 Å². The molecule has 1 atom stereocenters. The fraction of sp³-hybridized carbons (Fsp3) is 0.727. The highest BCUT2D eigenvalue weighted by Crippen LogP contribution is 2.22. The highest BCUT2D eigenvalue weighted by Gasteiger charge is 2.23. The first-order chi connectivity index (χ1) is 7.33. The fourth-order valence-electron chi connectivity index (χ4n) is 2.15. The van der Waals surface area contributed by atoms with Gasteiger partial charge in [0.2, 0.25) is 0 Å². The molecule has 92 valence electrons. The molecule has 1 aromatic rings. The lowest BCUT2D eigenvalue weighted by Crippen LogP contribution is -2.34. The normalized spacial score (nSPS) is 21.0. The van der Waals surface area contributed by atoms with Crippen molar-refractivity contribution in [2.24, 2.45) is 5.73 Å². The maximum atomic E-state index is 5.76. The van der Waals surface area contributed by atoms with Gasteiger partial charge < -0.3 is 5.73 Å². The molecule has 3 nitrogen and oxygen atoms in total. The van der Waals surface area contributed by atoms with Crippen LogP contribution in [0.25, 0.3) is 0 Å². The second-order valence-electron chi connectivity index (χ2n) is 4.08. The Balaban J connectivity index is 0.00000128. The van der Waals surface area contributed by atoms with Crippen LogP contribution in [0.15, 0.2) is 6.20 Å². The molecule has 2 N–H and O–H groups in total. The second kappa shape index (κ2) is 6.55. The van der Waals surface area contributed by atoms with Gasteiger partial charge in [0.25, 0.3) is 0 Å². The number of aromatic nitrogens is 1. The van der Waals surface area contributed by atoms with Crippen molar-refractivity contribution in [1.29, 1.82) is 0 Å². The summed E-state index contributed by atoms with van der Waals surface area (Å²) >= 11 is 1.84. The van der Waals surface area contributed by atoms with E-state index < -0.39 is 0 Å². The van der Waals surface area contributed by atoms with Gasteiger partial charge in [-0.25, -0.2) is 4.98 Å². The molecule has 0 aromatic carbocycles. The first-order valence-electron chi connectivity index (χ1n) is 5.71. The summed E-state index contributed by atoms with van der Waals surface area (Å²) in [6, 6.07) is 0.595. The number of aryl methyl sites for hydroxylation is 1. The fourth-order valence-corrected chi connectivity index (χ4v) is 3.04. The quantitative estimate of drug-likeness (QED) is 0.902. The summed E-state index contributed by atoms with van der Waals surface area (Å²) < 4.78 is 0. The number of thiazole rings is 1. The van der Waals surface area contributed by atoms with Crippen molar-refractivity contribution in [2.75, 3.05) is 13.1 Å². The molecule has 0 spiro atoms. The zero-order valence-corrected chi connectivity index (χ0v) is 11.3. The van der Waals surface area contributed by atoms with Crippen LogP contribution >= 0.6 is 23.7 Å². The number of likely N-dealkylation sites (tertiary alicyclic amines) is 1. The molecule has 0 aliphatic carbocycles. The molecule has 0 amide bonds. The molecule has 2 rings (SSSR count). The largest absolute Gasteiger partial charge is 0.329 e. The molecule has 1 saturated heterocycles. The van der Waals surface area contributed by atoms with E-state index in [1.807, 2.05) is 17.5 Å². The standard InChI is InChI=1S/C11H19N3S.ClH/c1-2-11-13-7-10(15-11)8-14-5-3-4-9(14)6-12;/h7,9H,2-6,8,12H2,1H3;1H. The molecule has 1 fully saturated rings. The van der Waals surface area contributed by atoms with E-state index in [9.17, 15) is 0 Å². The summed E-state index contributed by atoms with van der Waals surface area (Å²) in [5.74, 6) is 0. The number of nitrogens with two attached hydrogens (primary N) is 1. The first-order valence-corrected chi connectivity index (χ1v) is 6.52. The van der Waals surface area contributed by atoms with Gasteiger partial charge in [-0.1, -0.05) is 6.92 Å². The van der Waals surface area contributed by atoms with E-state index in [0.717, 1.165) is 19.5 Å². The van der Waals surface area contributed by atoms with Crippen LogP contribution in [-0.4, -0.2) is 29.0 Å². The smallest absolute Gasteiger partial charge is 0.0925 e. The highest BCUT2D eigenvalue weighted by atomic mass is 35.5. The Morgan fingerprint density at radius 3 is 3.06 bits per heavy atom. The zero-order chi connectivity index (χ0) is 10.7. The van der Waals surface area contributed by atoms with Crippen molar-refractivity contribution in [3.8, 4) is 0 Å². The van der Waals surface area contributed by atoms with Crippen molar-refractivity contribution in [3.63, 3.8) is 0 Å². The Labute approximate surface area is 107 Å². The van der Waals surface area contributed by atoms with Crippen LogP contribution in [0.5, 0.6) is 0 Å². The van der Waals surface area contributed by atoms with E-state index >= 15 is 0 Å². The maximum absolute atomic E-state index is 5.76. The second-order valence-corrected chi connectivity index (χ2v) is 5.28. The van der Waals surface area contributed by atoms with Gasteiger partial charge in [0.1, 0.15) is 0 Å². The Morgan fingerprint density at radius 2 is 2.44 bits per heavy atom. The lowest BCUT2D eigenvalue weighted by atomic mass is 10.2. The monoisotopic (exact) mass is 261 g/mol. The van der Waals surface area contributed by atoms with Crippen LogP contribution in [0.2, 0.25) is 0 Å². The highest BCUT2D eigenvalue weighted by molar-refractivity contribution is 7.11.